The van der Waals surface area contributed by atoms with Gasteiger partial charge in [-0.05, 0) is 25.1 Å². The summed E-state index contributed by atoms with van der Waals surface area (Å²) in [6.07, 6.45) is 3.29. The van der Waals surface area contributed by atoms with E-state index in [9.17, 15) is 0 Å². The van der Waals surface area contributed by atoms with Crippen LogP contribution in [0.3, 0.4) is 0 Å². The number of aromatic nitrogens is 3. The van der Waals surface area contributed by atoms with Crippen LogP contribution >= 0.6 is 15.9 Å². The van der Waals surface area contributed by atoms with Gasteiger partial charge in [0.25, 0.3) is 0 Å². The summed E-state index contributed by atoms with van der Waals surface area (Å²) in [6.45, 7) is 2.43. The highest BCUT2D eigenvalue weighted by Crippen LogP contribution is 2.33. The van der Waals surface area contributed by atoms with E-state index >= 15 is 0 Å². The third-order valence-corrected chi connectivity index (χ3v) is 5.23. The Balaban J connectivity index is 1.76. The van der Waals surface area contributed by atoms with Crippen molar-refractivity contribution in [3.8, 4) is 17.1 Å². The van der Waals surface area contributed by atoms with Crippen LogP contribution < -0.4 is 0 Å². The smallest absolute Gasteiger partial charge is 0.181 e. The van der Waals surface area contributed by atoms with Crippen LogP contribution in [0.1, 0.15) is 22.5 Å². The number of aryl methyl sites for hydroxylation is 1. The molecule has 0 N–H and O–H groups in total. The maximum atomic E-state index is 5.59. The van der Waals surface area contributed by atoms with Crippen LogP contribution in [0, 0.1) is 6.92 Å². The summed E-state index contributed by atoms with van der Waals surface area (Å²) in [6, 6.07) is 16.5. The minimum absolute atomic E-state index is 0.506. The van der Waals surface area contributed by atoms with E-state index in [4.69, 9.17) is 9.41 Å². The van der Waals surface area contributed by atoms with Gasteiger partial charge in [-0.1, -0.05) is 46.3 Å². The number of rotatable bonds is 2. The van der Waals surface area contributed by atoms with Gasteiger partial charge >= 0.3 is 0 Å². The molecule has 0 amide bonds. The van der Waals surface area contributed by atoms with Crippen molar-refractivity contribution in [3.63, 3.8) is 0 Å². The number of benzene rings is 2. The predicted octanol–water partition coefficient (Wildman–Crippen LogP) is 4.95. The number of imidazole rings is 1. The van der Waals surface area contributed by atoms with E-state index in [0.29, 0.717) is 12.3 Å². The van der Waals surface area contributed by atoms with Gasteiger partial charge in [-0.15, -0.1) is 0 Å². The lowest BCUT2D eigenvalue weighted by molar-refractivity contribution is 0.568. The van der Waals surface area contributed by atoms with Crippen LogP contribution in [-0.4, -0.2) is 20.2 Å². The fourth-order valence-corrected chi connectivity index (χ4v) is 3.80. The number of aliphatic imine (C=N–C) groups is 1. The van der Waals surface area contributed by atoms with E-state index < -0.39 is 0 Å². The Bertz CT molecular complexity index is 1170. The van der Waals surface area contributed by atoms with Crippen molar-refractivity contribution in [2.24, 2.45) is 4.99 Å². The Hall–Kier alpha value is -2.99. The molecule has 2 aromatic carbocycles. The van der Waals surface area contributed by atoms with Crippen LogP contribution in [0.4, 0.5) is 0 Å². The number of oxazole rings is 1. The molecule has 1 aliphatic heterocycles. The lowest BCUT2D eigenvalue weighted by Crippen LogP contribution is -2.06. The highest BCUT2D eigenvalue weighted by molar-refractivity contribution is 9.10. The van der Waals surface area contributed by atoms with Gasteiger partial charge < -0.3 is 4.42 Å². The molecule has 0 unspecified atom stereocenters. The molecule has 3 heterocycles. The standard InChI is InChI=1S/C21H15BrN4O/c1-13-21(27-12-25-13)20-18-10-23-19(14-5-3-2-4-6-14)16-9-15(22)7-8-17(16)26(18)11-24-20/h2-9,11-12H,10H2,1H3. The molecular weight excluding hydrogens is 404 g/mol. The molecule has 0 spiro atoms. The second-order valence-corrected chi connectivity index (χ2v) is 7.28. The van der Waals surface area contributed by atoms with Gasteiger partial charge in [0, 0.05) is 15.6 Å². The van der Waals surface area contributed by atoms with Gasteiger partial charge in [0.05, 0.1) is 29.3 Å². The lowest BCUT2D eigenvalue weighted by Gasteiger charge is -2.12. The normalized spacial score (nSPS) is 12.9. The minimum Gasteiger partial charge on any atom is -0.441 e. The van der Waals surface area contributed by atoms with Gasteiger partial charge in [-0.3, -0.25) is 9.56 Å². The van der Waals surface area contributed by atoms with Gasteiger partial charge in [-0.2, -0.15) is 0 Å². The van der Waals surface area contributed by atoms with E-state index in [1.54, 1.807) is 0 Å². The second-order valence-electron chi connectivity index (χ2n) is 6.37. The Labute approximate surface area is 164 Å². The summed E-state index contributed by atoms with van der Waals surface area (Å²) < 4.78 is 8.70. The van der Waals surface area contributed by atoms with Crippen molar-refractivity contribution in [2.75, 3.05) is 0 Å². The van der Waals surface area contributed by atoms with Gasteiger partial charge in [-0.25, -0.2) is 9.97 Å². The summed E-state index contributed by atoms with van der Waals surface area (Å²) in [7, 11) is 0. The second kappa shape index (κ2) is 6.32. The Morgan fingerprint density at radius 3 is 2.70 bits per heavy atom. The SMILES string of the molecule is Cc1ncoc1-c1ncn2c1CN=C(c1ccccc1)c1cc(Br)ccc1-2. The van der Waals surface area contributed by atoms with E-state index in [2.05, 4.69) is 54.7 Å². The number of nitrogens with zero attached hydrogens (tertiary/aromatic N) is 4. The molecule has 0 saturated carbocycles. The molecule has 27 heavy (non-hydrogen) atoms. The lowest BCUT2D eigenvalue weighted by atomic mass is 10.0. The molecule has 0 bridgehead atoms. The molecule has 0 radical (unpaired) electrons. The van der Waals surface area contributed by atoms with Gasteiger partial charge in [0.15, 0.2) is 12.2 Å². The maximum absolute atomic E-state index is 5.59. The van der Waals surface area contributed by atoms with Crippen molar-refractivity contribution in [2.45, 2.75) is 13.5 Å². The summed E-state index contributed by atoms with van der Waals surface area (Å²) in [5.74, 6) is 0.695. The third-order valence-electron chi connectivity index (χ3n) is 4.73. The molecule has 2 aromatic heterocycles. The van der Waals surface area contributed by atoms with Crippen LogP contribution in [0.25, 0.3) is 17.1 Å². The topological polar surface area (TPSA) is 56.2 Å². The summed E-state index contributed by atoms with van der Waals surface area (Å²) in [5.41, 5.74) is 6.77. The Morgan fingerprint density at radius 1 is 1.07 bits per heavy atom. The first kappa shape index (κ1) is 16.2. The molecule has 0 atom stereocenters. The molecule has 5 nitrogen and oxygen atoms in total. The van der Waals surface area contributed by atoms with Crippen molar-refractivity contribution in [1.82, 2.24) is 14.5 Å². The number of halogens is 1. The predicted molar refractivity (Wildman–Crippen MR) is 107 cm³/mol. The van der Waals surface area contributed by atoms with Crippen molar-refractivity contribution >= 4 is 21.6 Å². The molecule has 0 saturated heterocycles. The van der Waals surface area contributed by atoms with E-state index in [1.165, 1.54) is 6.39 Å². The zero-order valence-electron chi connectivity index (χ0n) is 14.6. The highest BCUT2D eigenvalue weighted by atomic mass is 79.9. The Morgan fingerprint density at radius 2 is 1.93 bits per heavy atom. The average molecular weight is 419 g/mol. The largest absolute Gasteiger partial charge is 0.441 e. The number of hydrogen-bond donors (Lipinski definition) is 0. The minimum atomic E-state index is 0.506. The van der Waals surface area contributed by atoms with Crippen molar-refractivity contribution in [3.05, 3.63) is 88.2 Å². The van der Waals surface area contributed by atoms with Crippen molar-refractivity contribution < 1.29 is 4.42 Å². The fourth-order valence-electron chi connectivity index (χ4n) is 3.44. The maximum Gasteiger partial charge on any atom is 0.181 e. The first-order valence-electron chi connectivity index (χ1n) is 8.59. The molecule has 132 valence electrons. The van der Waals surface area contributed by atoms with Crippen molar-refractivity contribution in [1.29, 1.82) is 0 Å². The van der Waals surface area contributed by atoms with Gasteiger partial charge in [0.1, 0.15) is 12.0 Å². The van der Waals surface area contributed by atoms with Crippen LogP contribution in [0.2, 0.25) is 0 Å². The quantitative estimate of drug-likeness (QED) is 0.462. The summed E-state index contributed by atoms with van der Waals surface area (Å²) in [5, 5.41) is 0. The Kier molecular flexibility index (Phi) is 3.79. The molecule has 0 aliphatic carbocycles. The third kappa shape index (κ3) is 2.64. The number of hydrogen-bond acceptors (Lipinski definition) is 4. The first-order chi connectivity index (χ1) is 13.2. The van der Waals surface area contributed by atoms with Gasteiger partial charge in [0.2, 0.25) is 0 Å². The molecule has 4 aromatic rings. The first-order valence-corrected chi connectivity index (χ1v) is 9.38. The monoisotopic (exact) mass is 418 g/mol. The van der Waals surface area contributed by atoms with E-state index in [1.807, 2.05) is 37.5 Å². The molecule has 1 aliphatic rings. The molecule has 0 fully saturated rings. The van der Waals surface area contributed by atoms with E-state index in [-0.39, 0.29) is 0 Å². The number of fused-ring (bicyclic) bond motifs is 3. The van der Waals surface area contributed by atoms with E-state index in [0.717, 1.165) is 44.1 Å². The highest BCUT2D eigenvalue weighted by Gasteiger charge is 2.24. The summed E-state index contributed by atoms with van der Waals surface area (Å²) >= 11 is 3.60. The molecule has 5 rings (SSSR count). The zero-order valence-corrected chi connectivity index (χ0v) is 16.1. The molecular formula is C21H15BrN4O. The zero-order chi connectivity index (χ0) is 18.4. The summed E-state index contributed by atoms with van der Waals surface area (Å²) in [4.78, 5) is 13.8. The van der Waals surface area contributed by atoms with Crippen LogP contribution in [0.15, 0.2) is 75.1 Å². The molecule has 6 heteroatoms. The van der Waals surface area contributed by atoms with Crippen LogP contribution in [-0.2, 0) is 6.54 Å². The van der Waals surface area contributed by atoms with Crippen LogP contribution in [0.5, 0.6) is 0 Å². The fraction of sp³-hybridized carbons (Fsp3) is 0.0952. The average Bonchev–Trinajstić information content (AvgIpc) is 3.25.